The van der Waals surface area contributed by atoms with Gasteiger partial charge in [0.1, 0.15) is 4.90 Å². The summed E-state index contributed by atoms with van der Waals surface area (Å²) >= 11 is 0. The lowest BCUT2D eigenvalue weighted by molar-refractivity contribution is -0.132. The molecule has 0 spiro atoms. The average molecular weight is 311 g/mol. The molecule has 0 aromatic carbocycles. The molecule has 0 saturated carbocycles. The first kappa shape index (κ1) is 16.7. The molecule has 1 heterocycles. The fourth-order valence-corrected chi connectivity index (χ4v) is 2.56. The molecule has 114 valence electrons. The first-order chi connectivity index (χ1) is 9.26. The van der Waals surface area contributed by atoms with Gasteiger partial charge in [-0.15, -0.1) is 0 Å². The molecule has 0 unspecified atom stereocenters. The van der Waals surface area contributed by atoms with E-state index >= 15 is 0 Å². The number of rotatable bonds is 7. The van der Waals surface area contributed by atoms with Crippen LogP contribution in [-0.4, -0.2) is 32.7 Å². The molecular formula is C11H16F3N3O2S. The molecule has 0 aliphatic rings. The highest BCUT2D eigenvalue weighted by atomic mass is 32.2. The second-order valence-corrected chi connectivity index (χ2v) is 5.80. The topological polar surface area (TPSA) is 71.1 Å². The molecule has 0 aliphatic carbocycles. The van der Waals surface area contributed by atoms with E-state index in [1.807, 2.05) is 11.6 Å². The van der Waals surface area contributed by atoms with E-state index in [2.05, 4.69) is 10.3 Å². The van der Waals surface area contributed by atoms with Gasteiger partial charge >= 0.3 is 6.18 Å². The summed E-state index contributed by atoms with van der Waals surface area (Å²) in [6, 6.07) is 1.47. The molecule has 0 radical (unpaired) electrons. The maximum absolute atomic E-state index is 12.0. The number of nitrogens with zero attached hydrogens (tertiary/aromatic N) is 1. The summed E-state index contributed by atoms with van der Waals surface area (Å²) in [4.78, 5) is 3.54. The van der Waals surface area contributed by atoms with Gasteiger partial charge in [-0.05, 0) is 12.5 Å². The standard InChI is InChI=1S/C11H16F3N3O2S/c1-2-5-16-9-3-6-15-8-10(9)20(18,19)17-7-4-11(12,13)14/h3,6,8,17H,2,4-5,7H2,1H3,(H,15,16). The molecule has 1 aromatic rings. The van der Waals surface area contributed by atoms with E-state index in [9.17, 15) is 21.6 Å². The summed E-state index contributed by atoms with van der Waals surface area (Å²) in [7, 11) is -4.02. The quantitative estimate of drug-likeness (QED) is 0.809. The van der Waals surface area contributed by atoms with Gasteiger partial charge in [0.2, 0.25) is 10.0 Å². The van der Waals surface area contributed by atoms with Crippen LogP contribution >= 0.6 is 0 Å². The summed E-state index contributed by atoms with van der Waals surface area (Å²) in [6.45, 7) is 1.76. The fraction of sp³-hybridized carbons (Fsp3) is 0.545. The van der Waals surface area contributed by atoms with Crippen LogP contribution in [0.15, 0.2) is 23.4 Å². The number of pyridine rings is 1. The Morgan fingerprint density at radius 2 is 2.00 bits per heavy atom. The van der Waals surface area contributed by atoms with Crippen molar-refractivity contribution >= 4 is 15.7 Å². The molecule has 0 aliphatic heterocycles. The summed E-state index contributed by atoms with van der Waals surface area (Å²) in [5.41, 5.74) is 0.321. The van der Waals surface area contributed by atoms with Gasteiger partial charge in [0, 0.05) is 25.5 Å². The normalized spacial score (nSPS) is 12.4. The first-order valence-electron chi connectivity index (χ1n) is 6.00. The molecule has 2 N–H and O–H groups in total. The van der Waals surface area contributed by atoms with Crippen molar-refractivity contribution in [2.45, 2.75) is 30.8 Å². The van der Waals surface area contributed by atoms with Crippen LogP contribution in [-0.2, 0) is 10.0 Å². The Labute approximate surface area is 115 Å². The van der Waals surface area contributed by atoms with Gasteiger partial charge < -0.3 is 5.32 Å². The Bertz CT molecular complexity index is 532. The van der Waals surface area contributed by atoms with Gasteiger partial charge in [0.15, 0.2) is 0 Å². The number of aromatic nitrogens is 1. The van der Waals surface area contributed by atoms with Crippen LogP contribution in [0.1, 0.15) is 19.8 Å². The summed E-state index contributed by atoms with van der Waals surface area (Å²) in [5.74, 6) is 0. The maximum atomic E-state index is 12.0. The minimum atomic E-state index is -4.40. The van der Waals surface area contributed by atoms with Crippen molar-refractivity contribution in [1.82, 2.24) is 9.71 Å². The van der Waals surface area contributed by atoms with E-state index in [-0.39, 0.29) is 4.90 Å². The number of alkyl halides is 3. The first-order valence-corrected chi connectivity index (χ1v) is 7.49. The van der Waals surface area contributed by atoms with Gasteiger partial charge in [-0.25, -0.2) is 13.1 Å². The summed E-state index contributed by atoms with van der Waals surface area (Å²) in [5, 5.41) is 2.89. The van der Waals surface area contributed by atoms with E-state index in [4.69, 9.17) is 0 Å². The highest BCUT2D eigenvalue weighted by Gasteiger charge is 2.28. The Morgan fingerprint density at radius 1 is 1.30 bits per heavy atom. The predicted molar refractivity (Wildman–Crippen MR) is 68.9 cm³/mol. The third kappa shape index (κ3) is 5.33. The molecule has 9 heteroatoms. The van der Waals surface area contributed by atoms with Crippen LogP contribution < -0.4 is 10.0 Å². The minimum absolute atomic E-state index is 0.157. The van der Waals surface area contributed by atoms with Crippen LogP contribution in [0.25, 0.3) is 0 Å². The van der Waals surface area contributed by atoms with Gasteiger partial charge in [-0.1, -0.05) is 6.92 Å². The molecule has 0 saturated heterocycles. The summed E-state index contributed by atoms with van der Waals surface area (Å²) < 4.78 is 61.9. The molecule has 1 aromatic heterocycles. The van der Waals surface area contributed by atoms with Crippen molar-refractivity contribution in [3.8, 4) is 0 Å². The van der Waals surface area contributed by atoms with Crippen molar-refractivity contribution in [2.24, 2.45) is 0 Å². The van der Waals surface area contributed by atoms with Gasteiger partial charge in [0.25, 0.3) is 0 Å². The van der Waals surface area contributed by atoms with E-state index in [1.165, 1.54) is 12.3 Å². The van der Waals surface area contributed by atoms with Gasteiger partial charge in [0.05, 0.1) is 12.1 Å². The lowest BCUT2D eigenvalue weighted by Crippen LogP contribution is -2.28. The third-order valence-corrected chi connectivity index (χ3v) is 3.83. The minimum Gasteiger partial charge on any atom is -0.384 e. The van der Waals surface area contributed by atoms with Crippen molar-refractivity contribution in [3.63, 3.8) is 0 Å². The van der Waals surface area contributed by atoms with Crippen LogP contribution in [0.5, 0.6) is 0 Å². The van der Waals surface area contributed by atoms with E-state index in [1.54, 1.807) is 0 Å². The Kier molecular flexibility index (Phi) is 5.75. The monoisotopic (exact) mass is 311 g/mol. The third-order valence-electron chi connectivity index (χ3n) is 2.34. The summed E-state index contributed by atoms with van der Waals surface area (Å²) in [6.07, 6.45) is -2.32. The lowest BCUT2D eigenvalue weighted by atomic mass is 10.4. The van der Waals surface area contributed by atoms with Crippen LogP contribution in [0.4, 0.5) is 18.9 Å². The SMILES string of the molecule is CCCNc1ccncc1S(=O)(=O)NCCC(F)(F)F. The zero-order valence-corrected chi connectivity index (χ0v) is 11.7. The van der Waals surface area contributed by atoms with Crippen LogP contribution in [0.3, 0.4) is 0 Å². The molecule has 0 atom stereocenters. The molecular weight excluding hydrogens is 295 g/mol. The molecule has 1 rings (SSSR count). The molecule has 0 fully saturated rings. The fourth-order valence-electron chi connectivity index (χ4n) is 1.40. The second kappa shape index (κ2) is 6.89. The predicted octanol–water partition coefficient (Wildman–Crippen LogP) is 2.13. The Morgan fingerprint density at radius 3 is 2.60 bits per heavy atom. The van der Waals surface area contributed by atoms with Crippen molar-refractivity contribution in [1.29, 1.82) is 0 Å². The van der Waals surface area contributed by atoms with Crippen LogP contribution in [0.2, 0.25) is 0 Å². The van der Waals surface area contributed by atoms with Gasteiger partial charge in [-0.2, -0.15) is 13.2 Å². The van der Waals surface area contributed by atoms with E-state index in [0.29, 0.717) is 12.2 Å². The Hall–Kier alpha value is -1.35. The second-order valence-electron chi connectivity index (χ2n) is 4.06. The number of nitrogens with one attached hydrogen (secondary N) is 2. The lowest BCUT2D eigenvalue weighted by Gasteiger charge is -2.12. The maximum Gasteiger partial charge on any atom is 0.390 e. The van der Waals surface area contributed by atoms with Crippen molar-refractivity contribution in [3.05, 3.63) is 18.5 Å². The van der Waals surface area contributed by atoms with E-state index < -0.39 is 29.2 Å². The largest absolute Gasteiger partial charge is 0.390 e. The highest BCUT2D eigenvalue weighted by Crippen LogP contribution is 2.21. The smallest absolute Gasteiger partial charge is 0.384 e. The Balaban J connectivity index is 2.81. The number of halogens is 3. The highest BCUT2D eigenvalue weighted by molar-refractivity contribution is 7.89. The zero-order chi connectivity index (χ0) is 15.2. The number of sulfonamides is 1. The average Bonchev–Trinajstić information content (AvgIpc) is 2.34. The molecule has 0 bridgehead atoms. The molecule has 5 nitrogen and oxygen atoms in total. The van der Waals surface area contributed by atoms with Crippen LogP contribution in [0, 0.1) is 0 Å². The number of anilines is 1. The zero-order valence-electron chi connectivity index (χ0n) is 10.9. The van der Waals surface area contributed by atoms with Gasteiger partial charge in [-0.3, -0.25) is 4.98 Å². The van der Waals surface area contributed by atoms with Crippen molar-refractivity contribution in [2.75, 3.05) is 18.4 Å². The van der Waals surface area contributed by atoms with Crippen molar-refractivity contribution < 1.29 is 21.6 Å². The number of hydrogen-bond acceptors (Lipinski definition) is 4. The number of hydrogen-bond donors (Lipinski definition) is 2. The molecule has 0 amide bonds. The molecule has 20 heavy (non-hydrogen) atoms. The van der Waals surface area contributed by atoms with E-state index in [0.717, 1.165) is 12.6 Å².